The third-order valence-corrected chi connectivity index (χ3v) is 3.59. The van der Waals surface area contributed by atoms with Crippen molar-refractivity contribution in [2.75, 3.05) is 13.1 Å². The van der Waals surface area contributed by atoms with Gasteiger partial charge in [0.1, 0.15) is 6.54 Å². The summed E-state index contributed by atoms with van der Waals surface area (Å²) in [5, 5.41) is 3.95. The quantitative estimate of drug-likeness (QED) is 0.678. The van der Waals surface area contributed by atoms with Gasteiger partial charge in [-0.25, -0.2) is 5.43 Å². The van der Waals surface area contributed by atoms with Crippen molar-refractivity contribution in [3.05, 3.63) is 35.4 Å². The molecule has 2 amide bonds. The molecule has 1 aliphatic rings. The van der Waals surface area contributed by atoms with Gasteiger partial charge in [0.05, 0.1) is 6.21 Å². The summed E-state index contributed by atoms with van der Waals surface area (Å²) in [4.78, 5) is 25.2. The number of hydrazone groups is 1. The third kappa shape index (κ3) is 4.70. The molecule has 0 aliphatic carbocycles. The van der Waals surface area contributed by atoms with Crippen molar-refractivity contribution in [3.63, 3.8) is 0 Å². The highest BCUT2D eigenvalue weighted by Crippen LogP contribution is 2.10. The van der Waals surface area contributed by atoms with Gasteiger partial charge in [-0.1, -0.05) is 30.7 Å². The summed E-state index contributed by atoms with van der Waals surface area (Å²) in [6.07, 6.45) is 5.10. The lowest BCUT2D eigenvalue weighted by Gasteiger charge is -2.18. The van der Waals surface area contributed by atoms with E-state index in [0.29, 0.717) is 13.0 Å². The topological polar surface area (TPSA) is 61.8 Å². The van der Waals surface area contributed by atoms with E-state index < -0.39 is 0 Å². The van der Waals surface area contributed by atoms with Crippen LogP contribution in [0.25, 0.3) is 0 Å². The highest BCUT2D eigenvalue weighted by molar-refractivity contribution is 5.86. The lowest BCUT2D eigenvalue weighted by atomic mass is 10.1. The van der Waals surface area contributed by atoms with Crippen LogP contribution in [-0.4, -0.2) is 36.0 Å². The molecule has 0 spiro atoms. The number of aryl methyl sites for hydroxylation is 1. The number of likely N-dealkylation sites (tertiary alicyclic amines) is 1. The van der Waals surface area contributed by atoms with Gasteiger partial charge < -0.3 is 4.90 Å². The number of carbonyl (C=O) groups is 2. The molecule has 1 fully saturated rings. The van der Waals surface area contributed by atoms with Gasteiger partial charge in [0.25, 0.3) is 5.91 Å². The Morgan fingerprint density at radius 2 is 2.14 bits per heavy atom. The minimum Gasteiger partial charge on any atom is -0.333 e. The molecule has 0 bridgehead atoms. The molecule has 0 unspecified atom stereocenters. The van der Waals surface area contributed by atoms with Crippen LogP contribution in [0.2, 0.25) is 0 Å². The number of amides is 2. The highest BCUT2D eigenvalue weighted by atomic mass is 16.2. The third-order valence-electron chi connectivity index (χ3n) is 3.59. The van der Waals surface area contributed by atoms with Gasteiger partial charge >= 0.3 is 0 Å². The summed E-state index contributed by atoms with van der Waals surface area (Å²) in [6.45, 7) is 2.73. The summed E-state index contributed by atoms with van der Waals surface area (Å²) >= 11 is 0. The first-order chi connectivity index (χ1) is 10.2. The molecule has 0 atom stereocenters. The van der Waals surface area contributed by atoms with Crippen LogP contribution < -0.4 is 5.43 Å². The molecule has 0 aromatic heterocycles. The summed E-state index contributed by atoms with van der Waals surface area (Å²) in [5.74, 6) is -0.194. The van der Waals surface area contributed by atoms with E-state index in [4.69, 9.17) is 0 Å². The van der Waals surface area contributed by atoms with Gasteiger partial charge in [-0.3, -0.25) is 9.59 Å². The average Bonchev–Trinajstić information content (AvgIpc) is 2.66. The van der Waals surface area contributed by atoms with E-state index in [9.17, 15) is 9.59 Å². The first kappa shape index (κ1) is 15.2. The van der Waals surface area contributed by atoms with E-state index in [-0.39, 0.29) is 18.4 Å². The number of hydrogen-bond donors (Lipinski definition) is 1. The van der Waals surface area contributed by atoms with Crippen LogP contribution >= 0.6 is 0 Å². The largest absolute Gasteiger partial charge is 0.333 e. The van der Waals surface area contributed by atoms with Crippen molar-refractivity contribution >= 4 is 18.0 Å². The molecule has 0 saturated carbocycles. The SMILES string of the molecule is Cc1ccccc1/C=N\NC(=O)CN1CCCCCC1=O. The summed E-state index contributed by atoms with van der Waals surface area (Å²) in [7, 11) is 0. The summed E-state index contributed by atoms with van der Waals surface area (Å²) in [6, 6.07) is 7.80. The normalized spacial score (nSPS) is 16.0. The van der Waals surface area contributed by atoms with E-state index in [0.717, 1.165) is 30.4 Å². The Hall–Kier alpha value is -2.17. The molecule has 1 aromatic carbocycles. The Balaban J connectivity index is 1.84. The molecule has 21 heavy (non-hydrogen) atoms. The number of nitrogens with zero attached hydrogens (tertiary/aromatic N) is 2. The molecule has 5 nitrogen and oxygen atoms in total. The van der Waals surface area contributed by atoms with Gasteiger partial charge in [0, 0.05) is 13.0 Å². The minimum absolute atomic E-state index is 0.0607. The van der Waals surface area contributed by atoms with E-state index in [2.05, 4.69) is 10.5 Å². The Labute approximate surface area is 125 Å². The maximum absolute atomic E-state index is 11.8. The molecule has 5 heteroatoms. The smallest absolute Gasteiger partial charge is 0.259 e. The van der Waals surface area contributed by atoms with Crippen LogP contribution in [0.1, 0.15) is 36.8 Å². The number of benzene rings is 1. The molecule has 1 saturated heterocycles. The van der Waals surface area contributed by atoms with Crippen LogP contribution in [0, 0.1) is 6.92 Å². The molecular weight excluding hydrogens is 266 g/mol. The highest BCUT2D eigenvalue weighted by Gasteiger charge is 2.18. The molecule has 1 heterocycles. The van der Waals surface area contributed by atoms with E-state index in [1.54, 1.807) is 11.1 Å². The van der Waals surface area contributed by atoms with Crippen molar-refractivity contribution in [1.82, 2.24) is 10.3 Å². The van der Waals surface area contributed by atoms with Crippen LogP contribution in [-0.2, 0) is 9.59 Å². The Kier molecular flexibility index (Phi) is 5.49. The zero-order valence-corrected chi connectivity index (χ0v) is 12.3. The lowest BCUT2D eigenvalue weighted by molar-refractivity contribution is -0.135. The van der Waals surface area contributed by atoms with Crippen LogP contribution in [0.3, 0.4) is 0 Å². The molecule has 2 rings (SSSR count). The minimum atomic E-state index is -0.255. The first-order valence-corrected chi connectivity index (χ1v) is 7.32. The predicted molar refractivity (Wildman–Crippen MR) is 82.0 cm³/mol. The first-order valence-electron chi connectivity index (χ1n) is 7.32. The van der Waals surface area contributed by atoms with Gasteiger partial charge in [-0.15, -0.1) is 0 Å². The second-order valence-corrected chi connectivity index (χ2v) is 5.28. The van der Waals surface area contributed by atoms with E-state index >= 15 is 0 Å². The second-order valence-electron chi connectivity index (χ2n) is 5.28. The van der Waals surface area contributed by atoms with Crippen LogP contribution in [0.4, 0.5) is 0 Å². The van der Waals surface area contributed by atoms with Gasteiger partial charge in [-0.2, -0.15) is 5.10 Å². The lowest BCUT2D eigenvalue weighted by Crippen LogP contribution is -2.39. The average molecular weight is 287 g/mol. The van der Waals surface area contributed by atoms with Crippen molar-refractivity contribution in [2.24, 2.45) is 5.10 Å². The number of nitrogens with one attached hydrogen (secondary N) is 1. The zero-order chi connectivity index (χ0) is 15.1. The van der Waals surface area contributed by atoms with Crippen molar-refractivity contribution in [3.8, 4) is 0 Å². The Morgan fingerprint density at radius 1 is 1.33 bits per heavy atom. The fourth-order valence-electron chi connectivity index (χ4n) is 2.32. The monoisotopic (exact) mass is 287 g/mol. The van der Waals surface area contributed by atoms with Gasteiger partial charge in [-0.05, 0) is 30.9 Å². The van der Waals surface area contributed by atoms with Crippen molar-refractivity contribution in [2.45, 2.75) is 32.6 Å². The second kappa shape index (κ2) is 7.57. The van der Waals surface area contributed by atoms with Crippen LogP contribution in [0.5, 0.6) is 0 Å². The van der Waals surface area contributed by atoms with E-state index in [1.807, 2.05) is 31.2 Å². The maximum Gasteiger partial charge on any atom is 0.259 e. The Bertz CT molecular complexity index is 540. The molecule has 0 radical (unpaired) electrons. The molecular formula is C16H21N3O2. The molecule has 112 valence electrons. The zero-order valence-electron chi connectivity index (χ0n) is 12.3. The fraction of sp³-hybridized carbons (Fsp3) is 0.438. The summed E-state index contributed by atoms with van der Waals surface area (Å²) < 4.78 is 0. The van der Waals surface area contributed by atoms with E-state index in [1.165, 1.54) is 0 Å². The maximum atomic E-state index is 11.8. The number of carbonyl (C=O) groups excluding carboxylic acids is 2. The number of hydrogen-bond acceptors (Lipinski definition) is 3. The summed E-state index contributed by atoms with van der Waals surface area (Å²) in [5.41, 5.74) is 4.54. The van der Waals surface area contributed by atoms with Gasteiger partial charge in [0.15, 0.2) is 0 Å². The fourth-order valence-corrected chi connectivity index (χ4v) is 2.32. The standard InChI is InChI=1S/C16H21N3O2/c1-13-7-4-5-8-14(13)11-17-18-15(20)12-19-10-6-2-3-9-16(19)21/h4-5,7-8,11H,2-3,6,9-10,12H2,1H3,(H,18,20)/b17-11-. The molecule has 1 aliphatic heterocycles. The van der Waals surface area contributed by atoms with Gasteiger partial charge in [0.2, 0.25) is 5.91 Å². The van der Waals surface area contributed by atoms with Crippen molar-refractivity contribution < 1.29 is 9.59 Å². The van der Waals surface area contributed by atoms with Crippen LogP contribution in [0.15, 0.2) is 29.4 Å². The Morgan fingerprint density at radius 3 is 2.95 bits per heavy atom. The van der Waals surface area contributed by atoms with Crippen molar-refractivity contribution in [1.29, 1.82) is 0 Å². The number of rotatable bonds is 4. The predicted octanol–water partition coefficient (Wildman–Crippen LogP) is 1.85. The molecule has 1 aromatic rings. The molecule has 1 N–H and O–H groups in total.